The molecule has 0 unspecified atom stereocenters. The molecule has 33 heavy (non-hydrogen) atoms. The molecule has 4 rings (SSSR count). The molecule has 0 radical (unpaired) electrons. The number of nitrogens with zero attached hydrogens (tertiary/aromatic N) is 4. The first kappa shape index (κ1) is 25.5. The van der Waals surface area contributed by atoms with Gasteiger partial charge in [-0.1, -0.05) is 12.1 Å². The van der Waals surface area contributed by atoms with E-state index < -0.39 is 0 Å². The fourth-order valence-corrected chi connectivity index (χ4v) is 4.06. The van der Waals surface area contributed by atoms with E-state index in [4.69, 9.17) is 9.73 Å². The average molecular weight is 570 g/mol. The number of rotatable bonds is 8. The lowest BCUT2D eigenvalue weighted by molar-refractivity contribution is -0.123. The molecule has 3 aliphatic rings. The summed E-state index contributed by atoms with van der Waals surface area (Å²) < 4.78 is 5.51. The van der Waals surface area contributed by atoms with E-state index in [1.165, 1.54) is 0 Å². The Kier molecular flexibility index (Phi) is 9.60. The molecule has 1 aromatic carbocycles. The molecule has 2 fully saturated rings. The highest BCUT2D eigenvalue weighted by molar-refractivity contribution is 14.0. The summed E-state index contributed by atoms with van der Waals surface area (Å²) in [6.45, 7) is 8.08. The van der Waals surface area contributed by atoms with Crippen LogP contribution in [-0.4, -0.2) is 92.6 Å². The van der Waals surface area contributed by atoms with Gasteiger partial charge in [0.05, 0.1) is 12.2 Å². The van der Waals surface area contributed by atoms with Crippen LogP contribution in [0.25, 0.3) is 0 Å². The number of hydrogen-bond acceptors (Lipinski definition) is 5. The Morgan fingerprint density at radius 2 is 1.94 bits per heavy atom. The van der Waals surface area contributed by atoms with Gasteiger partial charge >= 0.3 is 0 Å². The van der Waals surface area contributed by atoms with Crippen LogP contribution in [-0.2, 0) is 9.59 Å². The van der Waals surface area contributed by atoms with Gasteiger partial charge in [-0.25, -0.2) is 0 Å². The summed E-state index contributed by atoms with van der Waals surface area (Å²) in [4.78, 5) is 35.4. The van der Waals surface area contributed by atoms with E-state index in [9.17, 15) is 9.59 Å². The highest BCUT2D eigenvalue weighted by Gasteiger charge is 2.26. The molecule has 1 aliphatic carbocycles. The average Bonchev–Trinajstić information content (AvgIpc) is 3.61. The molecule has 2 heterocycles. The normalized spacial score (nSPS) is 18.8. The Labute approximate surface area is 212 Å². The van der Waals surface area contributed by atoms with Crippen LogP contribution in [0.3, 0.4) is 0 Å². The van der Waals surface area contributed by atoms with Crippen molar-refractivity contribution in [1.29, 1.82) is 0 Å². The molecule has 1 saturated carbocycles. The lowest BCUT2D eigenvalue weighted by atomic mass is 10.2. The van der Waals surface area contributed by atoms with Crippen LogP contribution in [0.5, 0.6) is 5.75 Å². The van der Waals surface area contributed by atoms with Crippen molar-refractivity contribution in [2.75, 3.05) is 63.9 Å². The number of carbonyl (C=O) groups excluding carboxylic acids is 2. The fourth-order valence-electron chi connectivity index (χ4n) is 4.06. The summed E-state index contributed by atoms with van der Waals surface area (Å²) in [5.41, 5.74) is 0.835. The second-order valence-corrected chi connectivity index (χ2v) is 8.50. The molecule has 1 saturated heterocycles. The first-order valence-electron chi connectivity index (χ1n) is 11.7. The molecule has 0 spiro atoms. The van der Waals surface area contributed by atoms with Crippen LogP contribution in [0.1, 0.15) is 26.2 Å². The van der Waals surface area contributed by atoms with Gasteiger partial charge in [0.1, 0.15) is 5.75 Å². The molecular formula is C23H35IN6O3. The number of fused-ring (bicyclic) bond motifs is 1. The molecule has 0 bridgehead atoms. The van der Waals surface area contributed by atoms with Crippen molar-refractivity contribution in [1.82, 2.24) is 20.4 Å². The number of anilines is 1. The zero-order valence-electron chi connectivity index (χ0n) is 19.3. The van der Waals surface area contributed by atoms with Gasteiger partial charge in [-0.3, -0.25) is 19.5 Å². The minimum Gasteiger partial charge on any atom is -0.482 e. The van der Waals surface area contributed by atoms with Gasteiger partial charge in [0, 0.05) is 51.9 Å². The predicted molar refractivity (Wildman–Crippen MR) is 139 cm³/mol. The predicted octanol–water partition coefficient (Wildman–Crippen LogP) is 1.28. The minimum absolute atomic E-state index is 0. The number of aliphatic imine (C=N–C) groups is 1. The second-order valence-electron chi connectivity index (χ2n) is 8.50. The number of benzene rings is 1. The van der Waals surface area contributed by atoms with Crippen molar-refractivity contribution in [3.63, 3.8) is 0 Å². The van der Waals surface area contributed by atoms with Gasteiger partial charge in [-0.2, -0.15) is 0 Å². The van der Waals surface area contributed by atoms with Crippen molar-refractivity contribution < 1.29 is 14.3 Å². The van der Waals surface area contributed by atoms with Crippen molar-refractivity contribution in [3.8, 4) is 5.75 Å². The Morgan fingerprint density at radius 1 is 1.18 bits per heavy atom. The van der Waals surface area contributed by atoms with E-state index >= 15 is 0 Å². The number of guanidine groups is 1. The standard InChI is InChI=1S/C23H34N6O3.HI/c1-2-24-23(28-14-12-27(13-15-28)16-21(30)26-18-8-9-18)25-10-5-11-29-19-6-3-4-7-20(19)32-17-22(29)31;/h3-4,6-7,18H,2,5,8-17H2,1H3,(H,24,25)(H,26,30);1H. The number of carbonyl (C=O) groups is 2. The SMILES string of the molecule is CCNC(=NCCCN1C(=O)COc2ccccc21)N1CCN(CC(=O)NC2CC2)CC1.I. The molecule has 2 N–H and O–H groups in total. The van der Waals surface area contributed by atoms with Crippen LogP contribution in [0.2, 0.25) is 0 Å². The summed E-state index contributed by atoms with van der Waals surface area (Å²) in [5, 5.41) is 6.44. The van der Waals surface area contributed by atoms with E-state index in [0.717, 1.165) is 69.4 Å². The Balaban J connectivity index is 0.00000306. The van der Waals surface area contributed by atoms with Gasteiger partial charge in [-0.05, 0) is 38.3 Å². The number of hydrogen-bond donors (Lipinski definition) is 2. The third kappa shape index (κ3) is 7.20. The number of piperazine rings is 1. The van der Waals surface area contributed by atoms with Gasteiger partial charge in [0.25, 0.3) is 5.91 Å². The molecule has 0 atom stereocenters. The van der Waals surface area contributed by atoms with E-state index in [-0.39, 0.29) is 42.4 Å². The number of halogens is 1. The lowest BCUT2D eigenvalue weighted by Gasteiger charge is -2.36. The third-order valence-corrected chi connectivity index (χ3v) is 5.93. The highest BCUT2D eigenvalue weighted by atomic mass is 127. The summed E-state index contributed by atoms with van der Waals surface area (Å²) in [7, 11) is 0. The minimum atomic E-state index is -0.0126. The Morgan fingerprint density at radius 3 is 2.67 bits per heavy atom. The molecule has 0 aromatic heterocycles. The van der Waals surface area contributed by atoms with E-state index in [2.05, 4.69) is 27.4 Å². The van der Waals surface area contributed by atoms with Crippen LogP contribution in [0.15, 0.2) is 29.3 Å². The van der Waals surface area contributed by atoms with Crippen molar-refractivity contribution in [3.05, 3.63) is 24.3 Å². The molecule has 1 aromatic rings. The maximum atomic E-state index is 12.3. The fraction of sp³-hybridized carbons (Fsp3) is 0.609. The van der Waals surface area contributed by atoms with Crippen LogP contribution >= 0.6 is 24.0 Å². The monoisotopic (exact) mass is 570 g/mol. The largest absolute Gasteiger partial charge is 0.482 e. The van der Waals surface area contributed by atoms with Gasteiger partial charge < -0.3 is 25.2 Å². The maximum absolute atomic E-state index is 12.3. The summed E-state index contributed by atoms with van der Waals surface area (Å²) >= 11 is 0. The molecule has 10 heteroatoms. The molecular weight excluding hydrogens is 535 g/mol. The second kappa shape index (κ2) is 12.4. The lowest BCUT2D eigenvalue weighted by Crippen LogP contribution is -2.54. The number of para-hydroxylation sites is 2. The molecule has 2 amide bonds. The number of amides is 2. The van der Waals surface area contributed by atoms with Crippen LogP contribution < -0.4 is 20.3 Å². The zero-order valence-corrected chi connectivity index (χ0v) is 21.6. The maximum Gasteiger partial charge on any atom is 0.265 e. The van der Waals surface area contributed by atoms with Gasteiger partial charge in [0.2, 0.25) is 5.91 Å². The molecule has 9 nitrogen and oxygen atoms in total. The third-order valence-electron chi connectivity index (χ3n) is 5.93. The van der Waals surface area contributed by atoms with E-state index in [0.29, 0.717) is 25.7 Å². The van der Waals surface area contributed by atoms with E-state index in [1.807, 2.05) is 24.3 Å². The van der Waals surface area contributed by atoms with Crippen LogP contribution in [0.4, 0.5) is 5.69 Å². The van der Waals surface area contributed by atoms with Crippen molar-refractivity contribution in [2.45, 2.75) is 32.2 Å². The molecule has 182 valence electrons. The zero-order chi connectivity index (χ0) is 22.3. The topological polar surface area (TPSA) is 89.5 Å². The smallest absolute Gasteiger partial charge is 0.265 e. The quantitative estimate of drug-likeness (QED) is 0.212. The summed E-state index contributed by atoms with van der Waals surface area (Å²) in [6, 6.07) is 8.07. The number of ether oxygens (including phenoxy) is 1. The van der Waals surface area contributed by atoms with Crippen molar-refractivity contribution >= 4 is 47.4 Å². The summed E-state index contributed by atoms with van der Waals surface area (Å²) in [5.74, 6) is 1.79. The molecule has 2 aliphatic heterocycles. The van der Waals surface area contributed by atoms with Gasteiger partial charge in [-0.15, -0.1) is 24.0 Å². The van der Waals surface area contributed by atoms with E-state index in [1.54, 1.807) is 4.90 Å². The van der Waals surface area contributed by atoms with Crippen LogP contribution in [0, 0.1) is 0 Å². The number of nitrogens with one attached hydrogen (secondary N) is 2. The highest BCUT2D eigenvalue weighted by Crippen LogP contribution is 2.31. The van der Waals surface area contributed by atoms with Crippen molar-refractivity contribution in [2.24, 2.45) is 4.99 Å². The Hall–Kier alpha value is -2.08. The Bertz CT molecular complexity index is 839. The van der Waals surface area contributed by atoms with Gasteiger partial charge in [0.15, 0.2) is 12.6 Å². The summed E-state index contributed by atoms with van der Waals surface area (Å²) in [6.07, 6.45) is 3.01. The first-order chi connectivity index (χ1) is 15.6. The first-order valence-corrected chi connectivity index (χ1v) is 11.7.